The number of carboxylic acids is 1. The molecule has 0 fully saturated rings. The molecule has 0 aromatic rings. The Balaban J connectivity index is 0. The quantitative estimate of drug-likeness (QED) is 0.337. The van der Waals surface area contributed by atoms with E-state index >= 15 is 0 Å². The molecule has 0 bridgehead atoms. The maximum Gasteiger partial charge on any atom is 0.102 e. The lowest BCUT2D eigenvalue weighted by Crippen LogP contribution is -2.42. The Kier molecular flexibility index (Phi) is 17.8. The average molecular weight is 323 g/mol. The Labute approximate surface area is 134 Å². The van der Waals surface area contributed by atoms with Crippen molar-refractivity contribution >= 4 is 5.97 Å². The highest BCUT2D eigenvalue weighted by Crippen LogP contribution is 1.94. The van der Waals surface area contributed by atoms with Crippen molar-refractivity contribution in [2.45, 2.75) is 13.3 Å². The number of hydrogen-bond donors (Lipinski definition) is 0. The van der Waals surface area contributed by atoms with Crippen molar-refractivity contribution in [2.75, 3.05) is 81.0 Å². The summed E-state index contributed by atoms with van der Waals surface area (Å²) in [6.07, 6.45) is -0.0519. The predicted molar refractivity (Wildman–Crippen MR) is 82.5 cm³/mol. The van der Waals surface area contributed by atoms with Gasteiger partial charge in [-0.05, 0) is 6.92 Å². The maximum atomic E-state index is 9.81. The third-order valence-electron chi connectivity index (χ3n) is 3.01. The number of methoxy groups -OCH3 is 2. The van der Waals surface area contributed by atoms with Crippen molar-refractivity contribution in [3.63, 3.8) is 0 Å². The first kappa shape index (κ1) is 23.5. The normalized spacial score (nSPS) is 11.0. The lowest BCUT2D eigenvalue weighted by Gasteiger charge is -2.27. The van der Waals surface area contributed by atoms with Crippen molar-refractivity contribution in [1.82, 2.24) is 0 Å². The first-order valence-electron chi connectivity index (χ1n) is 7.54. The fourth-order valence-electron chi connectivity index (χ4n) is 1.11. The number of carbonyl (C=O) groups is 1. The Morgan fingerprint density at radius 1 is 0.909 bits per heavy atom. The number of likely N-dealkylation sites (N-methyl/N-ethyl adjacent to an activating group) is 1. The van der Waals surface area contributed by atoms with Gasteiger partial charge in [-0.15, -0.1) is 0 Å². The largest absolute Gasteiger partial charge is 0.550 e. The molecule has 0 radical (unpaired) electrons. The van der Waals surface area contributed by atoms with E-state index < -0.39 is 5.97 Å². The van der Waals surface area contributed by atoms with Crippen LogP contribution >= 0.6 is 0 Å². The van der Waals surface area contributed by atoms with Crippen LogP contribution in [0.5, 0.6) is 0 Å². The van der Waals surface area contributed by atoms with Crippen molar-refractivity contribution in [3.05, 3.63) is 0 Å². The Hall–Kier alpha value is -0.730. The van der Waals surface area contributed by atoms with E-state index in [1.54, 1.807) is 14.2 Å². The smallest absolute Gasteiger partial charge is 0.102 e. The minimum absolute atomic E-state index is 0.0519. The second-order valence-corrected chi connectivity index (χ2v) is 5.31. The van der Waals surface area contributed by atoms with Gasteiger partial charge in [0.15, 0.2) is 0 Å². The topological polar surface area (TPSA) is 77.0 Å². The van der Waals surface area contributed by atoms with Crippen LogP contribution < -0.4 is 5.11 Å². The summed E-state index contributed by atoms with van der Waals surface area (Å²) in [6, 6.07) is 0. The van der Waals surface area contributed by atoms with E-state index in [1.165, 1.54) is 0 Å². The molecule has 0 spiro atoms. The Bertz CT molecular complexity index is 248. The highest BCUT2D eigenvalue weighted by Gasteiger charge is 2.10. The van der Waals surface area contributed by atoms with Gasteiger partial charge in [0.25, 0.3) is 0 Å². The minimum atomic E-state index is -1.09. The number of nitrogens with zero attached hydrogens (tertiary/aromatic N) is 1. The summed E-state index contributed by atoms with van der Waals surface area (Å²) < 4.78 is 20.8. The molecule has 7 heteroatoms. The lowest BCUT2D eigenvalue weighted by molar-refractivity contribution is -0.888. The molecule has 0 aliphatic rings. The SMILES string of the molecule is CC[N+](C)(C)CCOCCOC.COCCOCCC(=O)[O-]. The summed E-state index contributed by atoms with van der Waals surface area (Å²) in [5.41, 5.74) is 0. The number of carbonyl (C=O) groups excluding carboxylic acids is 1. The fraction of sp³-hybridized carbons (Fsp3) is 0.933. The third-order valence-corrected chi connectivity index (χ3v) is 3.01. The van der Waals surface area contributed by atoms with E-state index in [1.807, 2.05) is 0 Å². The third kappa shape index (κ3) is 21.6. The fourth-order valence-corrected chi connectivity index (χ4v) is 1.11. The number of rotatable bonds is 13. The number of aliphatic carboxylic acids is 1. The zero-order chi connectivity index (χ0) is 17.3. The molecule has 0 heterocycles. The van der Waals surface area contributed by atoms with Crippen LogP contribution in [-0.4, -0.2) is 91.5 Å². The standard InChI is InChI=1S/C9H22NO2.C6H12O4/c1-5-10(2,3)6-7-12-9-8-11-4;1-9-4-5-10-3-2-6(7)8/h5-9H2,1-4H3;2-5H2,1H3,(H,7,8)/q+1;/p-1. The molecule has 0 aliphatic heterocycles. The van der Waals surface area contributed by atoms with E-state index in [2.05, 4.69) is 25.8 Å². The van der Waals surface area contributed by atoms with E-state index in [4.69, 9.17) is 14.2 Å². The molecule has 22 heavy (non-hydrogen) atoms. The van der Waals surface area contributed by atoms with E-state index in [0.29, 0.717) is 26.4 Å². The number of carboxylic acid groups (broad SMARTS) is 1. The van der Waals surface area contributed by atoms with Crippen LogP contribution in [0.25, 0.3) is 0 Å². The van der Waals surface area contributed by atoms with Crippen molar-refractivity contribution in [2.24, 2.45) is 0 Å². The predicted octanol–water partition coefficient (Wildman–Crippen LogP) is -0.465. The minimum Gasteiger partial charge on any atom is -0.550 e. The number of quaternary nitrogens is 1. The second kappa shape index (κ2) is 16.6. The summed E-state index contributed by atoms with van der Waals surface area (Å²) in [7, 11) is 7.66. The van der Waals surface area contributed by atoms with Gasteiger partial charge in [-0.3, -0.25) is 0 Å². The van der Waals surface area contributed by atoms with Gasteiger partial charge in [-0.1, -0.05) is 0 Å². The Morgan fingerprint density at radius 2 is 1.41 bits per heavy atom. The summed E-state index contributed by atoms with van der Waals surface area (Å²) in [5, 5.41) is 9.81. The molecule has 134 valence electrons. The molecule has 0 atom stereocenters. The van der Waals surface area contributed by atoms with Crippen LogP contribution in [-0.2, 0) is 23.7 Å². The second-order valence-electron chi connectivity index (χ2n) is 5.31. The summed E-state index contributed by atoms with van der Waals surface area (Å²) in [5.74, 6) is -1.09. The molecule has 0 N–H and O–H groups in total. The molecule has 0 unspecified atom stereocenters. The van der Waals surface area contributed by atoms with Gasteiger partial charge in [0.1, 0.15) is 6.54 Å². The van der Waals surface area contributed by atoms with E-state index in [-0.39, 0.29) is 13.0 Å². The lowest BCUT2D eigenvalue weighted by atomic mass is 10.4. The van der Waals surface area contributed by atoms with Gasteiger partial charge >= 0.3 is 0 Å². The van der Waals surface area contributed by atoms with Crippen molar-refractivity contribution in [3.8, 4) is 0 Å². The van der Waals surface area contributed by atoms with Crippen LogP contribution in [0.2, 0.25) is 0 Å². The monoisotopic (exact) mass is 323 g/mol. The molecule has 7 nitrogen and oxygen atoms in total. The number of hydrogen-bond acceptors (Lipinski definition) is 6. The van der Waals surface area contributed by atoms with Crippen LogP contribution in [0.4, 0.5) is 0 Å². The first-order chi connectivity index (χ1) is 10.4. The van der Waals surface area contributed by atoms with Crippen LogP contribution in [0, 0.1) is 0 Å². The van der Waals surface area contributed by atoms with Gasteiger partial charge in [-0.2, -0.15) is 0 Å². The molecule has 0 saturated heterocycles. The zero-order valence-corrected chi connectivity index (χ0v) is 14.8. The molecular weight excluding hydrogens is 290 g/mol. The van der Waals surface area contributed by atoms with E-state index in [9.17, 15) is 9.90 Å². The molecule has 0 aliphatic carbocycles. The molecule has 0 amide bonds. The highest BCUT2D eigenvalue weighted by atomic mass is 16.5. The maximum absolute atomic E-state index is 9.81. The summed E-state index contributed by atoms with van der Waals surface area (Å²) >= 11 is 0. The number of ether oxygens (including phenoxy) is 4. The van der Waals surface area contributed by atoms with Gasteiger partial charge in [0.2, 0.25) is 0 Å². The van der Waals surface area contributed by atoms with Crippen LogP contribution in [0.3, 0.4) is 0 Å². The molecule has 0 rings (SSSR count). The highest BCUT2D eigenvalue weighted by molar-refractivity contribution is 5.64. The van der Waals surface area contributed by atoms with Gasteiger partial charge < -0.3 is 33.3 Å². The van der Waals surface area contributed by atoms with Crippen molar-refractivity contribution < 1.29 is 33.3 Å². The zero-order valence-electron chi connectivity index (χ0n) is 14.8. The molecular formula is C15H33NO6. The Morgan fingerprint density at radius 3 is 1.82 bits per heavy atom. The molecule has 0 aromatic carbocycles. The van der Waals surface area contributed by atoms with Gasteiger partial charge in [0, 0.05) is 26.6 Å². The molecule has 0 saturated carbocycles. The first-order valence-corrected chi connectivity index (χ1v) is 7.54. The van der Waals surface area contributed by atoms with Crippen LogP contribution in [0.1, 0.15) is 13.3 Å². The summed E-state index contributed by atoms with van der Waals surface area (Å²) in [6.45, 7) is 7.76. The summed E-state index contributed by atoms with van der Waals surface area (Å²) in [4.78, 5) is 9.81. The van der Waals surface area contributed by atoms with Crippen LogP contribution in [0.15, 0.2) is 0 Å². The van der Waals surface area contributed by atoms with Gasteiger partial charge in [-0.25, -0.2) is 0 Å². The average Bonchev–Trinajstić information content (AvgIpc) is 2.47. The van der Waals surface area contributed by atoms with E-state index in [0.717, 1.165) is 24.2 Å². The van der Waals surface area contributed by atoms with Crippen molar-refractivity contribution in [1.29, 1.82) is 0 Å². The molecule has 0 aromatic heterocycles. The van der Waals surface area contributed by atoms with Gasteiger partial charge in [0.05, 0.1) is 60.3 Å².